The minimum absolute atomic E-state index is 0. The van der Waals surface area contributed by atoms with Crippen LogP contribution >= 0.6 is 12.4 Å². The highest BCUT2D eigenvalue weighted by atomic mass is 35.5. The van der Waals surface area contributed by atoms with Crippen molar-refractivity contribution in [2.75, 3.05) is 39.9 Å². The molecule has 0 spiro atoms. The Hall–Kier alpha value is -1.63. The molecule has 0 atom stereocenters. The largest absolute Gasteiger partial charge is 0.384 e. The summed E-state index contributed by atoms with van der Waals surface area (Å²) in [6.07, 6.45) is 3.60. The van der Waals surface area contributed by atoms with Crippen molar-refractivity contribution in [2.45, 2.75) is 32.2 Å². The van der Waals surface area contributed by atoms with Crippen LogP contribution in [0.4, 0.5) is 0 Å². The van der Waals surface area contributed by atoms with Crippen molar-refractivity contribution < 1.29 is 14.3 Å². The molecule has 2 fully saturated rings. The standard InChI is InChI=1S/C20H29N3O3.ClH/c1-26-15-20(8-10-21-11-9-20)14-22-19(25)17-6-4-16(5-7-17)13-23-12-2-3-18(23)24;/h4-7,21H,2-3,8-15H2,1H3,(H,22,25);1H. The second kappa shape index (κ2) is 10.1. The molecule has 2 aliphatic rings. The number of rotatable bonds is 7. The Morgan fingerprint density at radius 3 is 2.56 bits per heavy atom. The zero-order valence-corrected chi connectivity index (χ0v) is 16.8. The van der Waals surface area contributed by atoms with Crippen LogP contribution < -0.4 is 10.6 Å². The molecule has 2 aliphatic heterocycles. The van der Waals surface area contributed by atoms with E-state index < -0.39 is 0 Å². The summed E-state index contributed by atoms with van der Waals surface area (Å²) in [7, 11) is 1.72. The highest BCUT2D eigenvalue weighted by Gasteiger charge is 2.32. The Balaban J connectivity index is 0.00000261. The van der Waals surface area contributed by atoms with Gasteiger partial charge in [-0.25, -0.2) is 0 Å². The van der Waals surface area contributed by atoms with Gasteiger partial charge in [-0.3, -0.25) is 9.59 Å². The molecule has 3 rings (SSSR count). The number of amides is 2. The van der Waals surface area contributed by atoms with Gasteiger partial charge in [-0.2, -0.15) is 0 Å². The molecule has 0 saturated carbocycles. The zero-order valence-electron chi connectivity index (χ0n) is 16.0. The van der Waals surface area contributed by atoms with E-state index in [0.29, 0.717) is 31.7 Å². The summed E-state index contributed by atoms with van der Waals surface area (Å²) >= 11 is 0. The summed E-state index contributed by atoms with van der Waals surface area (Å²) in [5.41, 5.74) is 1.74. The molecule has 1 aromatic rings. The number of halogens is 1. The fraction of sp³-hybridized carbons (Fsp3) is 0.600. The molecule has 0 radical (unpaired) electrons. The van der Waals surface area contributed by atoms with E-state index in [-0.39, 0.29) is 29.6 Å². The molecule has 2 N–H and O–H groups in total. The summed E-state index contributed by atoms with van der Waals surface area (Å²) in [6.45, 7) is 4.68. The number of nitrogens with zero attached hydrogens (tertiary/aromatic N) is 1. The summed E-state index contributed by atoms with van der Waals surface area (Å²) in [4.78, 5) is 26.1. The first-order chi connectivity index (χ1) is 12.6. The molecule has 6 nitrogen and oxygen atoms in total. The highest BCUT2D eigenvalue weighted by molar-refractivity contribution is 5.94. The lowest BCUT2D eigenvalue weighted by atomic mass is 9.79. The number of likely N-dealkylation sites (tertiary alicyclic amines) is 1. The van der Waals surface area contributed by atoms with Crippen molar-refractivity contribution in [3.63, 3.8) is 0 Å². The monoisotopic (exact) mass is 395 g/mol. The van der Waals surface area contributed by atoms with E-state index in [0.717, 1.165) is 44.5 Å². The number of nitrogens with one attached hydrogen (secondary N) is 2. The fourth-order valence-electron chi connectivity index (χ4n) is 3.86. The first kappa shape index (κ1) is 21.7. The van der Waals surface area contributed by atoms with Crippen LogP contribution in [0.5, 0.6) is 0 Å². The Kier molecular flexibility index (Phi) is 8.07. The third kappa shape index (κ3) is 5.67. The van der Waals surface area contributed by atoms with Crippen LogP contribution in [0.2, 0.25) is 0 Å². The maximum absolute atomic E-state index is 12.5. The number of ether oxygens (including phenoxy) is 1. The van der Waals surface area contributed by atoms with Gasteiger partial charge < -0.3 is 20.3 Å². The molecular formula is C20H30ClN3O3. The third-order valence-electron chi connectivity index (χ3n) is 5.50. The van der Waals surface area contributed by atoms with Crippen LogP contribution in [-0.4, -0.2) is 56.6 Å². The molecular weight excluding hydrogens is 366 g/mol. The van der Waals surface area contributed by atoms with Gasteiger partial charge in [-0.1, -0.05) is 12.1 Å². The molecule has 2 saturated heterocycles. The van der Waals surface area contributed by atoms with Crippen molar-refractivity contribution in [3.8, 4) is 0 Å². The maximum Gasteiger partial charge on any atom is 0.251 e. The molecule has 0 bridgehead atoms. The van der Waals surface area contributed by atoms with Crippen LogP contribution in [0.3, 0.4) is 0 Å². The molecule has 0 aliphatic carbocycles. The number of carbonyl (C=O) groups excluding carboxylic acids is 2. The molecule has 0 unspecified atom stereocenters. The quantitative estimate of drug-likeness (QED) is 0.740. The summed E-state index contributed by atoms with van der Waals surface area (Å²) in [5, 5.41) is 6.44. The van der Waals surface area contributed by atoms with E-state index in [1.807, 2.05) is 29.2 Å². The smallest absolute Gasteiger partial charge is 0.251 e. The van der Waals surface area contributed by atoms with E-state index in [1.54, 1.807) is 7.11 Å². The lowest BCUT2D eigenvalue weighted by Crippen LogP contribution is -2.47. The summed E-state index contributed by atoms with van der Waals surface area (Å²) in [6, 6.07) is 7.57. The first-order valence-corrected chi connectivity index (χ1v) is 9.46. The van der Waals surface area contributed by atoms with Gasteiger partial charge in [0, 0.05) is 44.1 Å². The van der Waals surface area contributed by atoms with Crippen LogP contribution in [0.25, 0.3) is 0 Å². The first-order valence-electron chi connectivity index (χ1n) is 9.46. The zero-order chi connectivity index (χ0) is 18.4. The molecule has 0 aromatic heterocycles. The van der Waals surface area contributed by atoms with Gasteiger partial charge in [0.1, 0.15) is 0 Å². The second-order valence-electron chi connectivity index (χ2n) is 7.48. The number of piperidine rings is 1. The van der Waals surface area contributed by atoms with Gasteiger partial charge in [-0.15, -0.1) is 12.4 Å². The lowest BCUT2D eigenvalue weighted by molar-refractivity contribution is -0.128. The Labute approximate surface area is 167 Å². The van der Waals surface area contributed by atoms with E-state index >= 15 is 0 Å². The van der Waals surface area contributed by atoms with Gasteiger partial charge in [0.25, 0.3) is 5.91 Å². The maximum atomic E-state index is 12.5. The van der Waals surface area contributed by atoms with E-state index in [1.165, 1.54) is 0 Å². The van der Waals surface area contributed by atoms with Crippen LogP contribution in [-0.2, 0) is 16.1 Å². The van der Waals surface area contributed by atoms with E-state index in [9.17, 15) is 9.59 Å². The average Bonchev–Trinajstić information content (AvgIpc) is 3.06. The van der Waals surface area contributed by atoms with Crippen molar-refractivity contribution in [1.82, 2.24) is 15.5 Å². The van der Waals surface area contributed by atoms with Crippen LogP contribution in [0.15, 0.2) is 24.3 Å². The van der Waals surface area contributed by atoms with Gasteiger partial charge in [-0.05, 0) is 50.0 Å². The number of hydrogen-bond acceptors (Lipinski definition) is 4. The number of methoxy groups -OCH3 is 1. The van der Waals surface area contributed by atoms with Crippen LogP contribution in [0, 0.1) is 5.41 Å². The van der Waals surface area contributed by atoms with Crippen molar-refractivity contribution in [3.05, 3.63) is 35.4 Å². The number of benzene rings is 1. The molecule has 150 valence electrons. The predicted molar refractivity (Wildman–Crippen MR) is 107 cm³/mol. The van der Waals surface area contributed by atoms with Crippen molar-refractivity contribution in [2.24, 2.45) is 5.41 Å². The van der Waals surface area contributed by atoms with E-state index in [4.69, 9.17) is 4.74 Å². The Morgan fingerprint density at radius 1 is 1.26 bits per heavy atom. The van der Waals surface area contributed by atoms with Crippen LogP contribution in [0.1, 0.15) is 41.6 Å². The minimum Gasteiger partial charge on any atom is -0.384 e. The summed E-state index contributed by atoms with van der Waals surface area (Å²) in [5.74, 6) is 0.167. The SMILES string of the molecule is COCC1(CNC(=O)c2ccc(CN3CCCC3=O)cc2)CCNCC1.Cl. The third-order valence-corrected chi connectivity index (χ3v) is 5.50. The topological polar surface area (TPSA) is 70.7 Å². The van der Waals surface area contributed by atoms with E-state index in [2.05, 4.69) is 10.6 Å². The average molecular weight is 396 g/mol. The van der Waals surface area contributed by atoms with Gasteiger partial charge in [0.2, 0.25) is 5.91 Å². The molecule has 1 aromatic carbocycles. The molecule has 7 heteroatoms. The highest BCUT2D eigenvalue weighted by Crippen LogP contribution is 2.28. The molecule has 2 amide bonds. The second-order valence-corrected chi connectivity index (χ2v) is 7.48. The van der Waals surface area contributed by atoms with Gasteiger partial charge in [0.15, 0.2) is 0 Å². The number of hydrogen-bond donors (Lipinski definition) is 2. The minimum atomic E-state index is -0.0530. The Morgan fingerprint density at radius 2 is 1.96 bits per heavy atom. The summed E-state index contributed by atoms with van der Waals surface area (Å²) < 4.78 is 5.40. The van der Waals surface area contributed by atoms with Crippen molar-refractivity contribution >= 4 is 24.2 Å². The van der Waals surface area contributed by atoms with Gasteiger partial charge >= 0.3 is 0 Å². The van der Waals surface area contributed by atoms with Gasteiger partial charge in [0.05, 0.1) is 6.61 Å². The predicted octanol–water partition coefficient (Wildman–Crippen LogP) is 1.98. The number of carbonyl (C=O) groups is 2. The molecule has 27 heavy (non-hydrogen) atoms. The molecule has 2 heterocycles. The Bertz CT molecular complexity index is 624. The van der Waals surface area contributed by atoms with Crippen molar-refractivity contribution in [1.29, 1.82) is 0 Å². The normalized spacial score (nSPS) is 18.9. The fourth-order valence-corrected chi connectivity index (χ4v) is 3.86. The lowest BCUT2D eigenvalue weighted by Gasteiger charge is -2.37.